The van der Waals surface area contributed by atoms with Gasteiger partial charge in [0.1, 0.15) is 0 Å². The van der Waals surface area contributed by atoms with Gasteiger partial charge >= 0.3 is 0 Å². The average molecular weight is 213 g/mol. The molecule has 88 valence electrons. The van der Waals surface area contributed by atoms with Crippen LogP contribution in [0.4, 0.5) is 0 Å². The van der Waals surface area contributed by atoms with Crippen LogP contribution in [0.1, 0.15) is 39.0 Å². The smallest absolute Gasteiger partial charge is 0.156 e. The molecule has 1 atom stereocenters. The predicted molar refractivity (Wildman–Crippen MR) is 62.1 cm³/mol. The second-order valence-electron chi connectivity index (χ2n) is 4.54. The van der Waals surface area contributed by atoms with Crippen molar-refractivity contribution in [2.75, 3.05) is 13.6 Å². The number of nitrogens with zero attached hydrogens (tertiary/aromatic N) is 2. The summed E-state index contributed by atoms with van der Waals surface area (Å²) >= 11 is 0. The van der Waals surface area contributed by atoms with Gasteiger partial charge in [0.2, 0.25) is 0 Å². The van der Waals surface area contributed by atoms with Crippen LogP contribution < -0.4 is 5.73 Å². The Labute approximate surface area is 92.1 Å². The van der Waals surface area contributed by atoms with Crippen LogP contribution in [0.3, 0.4) is 0 Å². The fraction of sp³-hybridized carbons (Fsp3) is 0.909. The monoisotopic (exact) mass is 213 g/mol. The third-order valence-electron chi connectivity index (χ3n) is 3.40. The molecule has 0 aromatic heterocycles. The van der Waals surface area contributed by atoms with Crippen molar-refractivity contribution in [2.24, 2.45) is 16.8 Å². The summed E-state index contributed by atoms with van der Waals surface area (Å²) in [6.45, 7) is 3.13. The number of hydrogen-bond acceptors (Lipinski definition) is 3. The van der Waals surface area contributed by atoms with Gasteiger partial charge in [-0.2, -0.15) is 0 Å². The second kappa shape index (κ2) is 5.95. The van der Waals surface area contributed by atoms with Gasteiger partial charge in [0.05, 0.1) is 6.04 Å². The van der Waals surface area contributed by atoms with Crippen LogP contribution >= 0.6 is 0 Å². The number of rotatable bonds is 5. The molecule has 1 saturated carbocycles. The van der Waals surface area contributed by atoms with E-state index in [4.69, 9.17) is 10.9 Å². The van der Waals surface area contributed by atoms with E-state index >= 15 is 0 Å². The van der Waals surface area contributed by atoms with E-state index in [1.165, 1.54) is 25.7 Å². The van der Waals surface area contributed by atoms with Crippen LogP contribution in [0, 0.1) is 5.92 Å². The van der Waals surface area contributed by atoms with Crippen molar-refractivity contribution >= 4 is 5.84 Å². The first-order valence-corrected chi connectivity index (χ1v) is 5.86. The molecule has 1 aliphatic carbocycles. The van der Waals surface area contributed by atoms with E-state index in [1.807, 2.05) is 0 Å². The third kappa shape index (κ3) is 3.38. The van der Waals surface area contributed by atoms with Crippen molar-refractivity contribution in [3.8, 4) is 0 Å². The summed E-state index contributed by atoms with van der Waals surface area (Å²) in [4.78, 5) is 2.21. The summed E-state index contributed by atoms with van der Waals surface area (Å²) < 4.78 is 0. The maximum absolute atomic E-state index is 8.68. The Morgan fingerprint density at radius 3 is 2.60 bits per heavy atom. The molecular formula is C11H23N3O. The molecule has 4 nitrogen and oxygen atoms in total. The van der Waals surface area contributed by atoms with Crippen LogP contribution in [0.15, 0.2) is 5.16 Å². The molecule has 1 fully saturated rings. The van der Waals surface area contributed by atoms with Crippen LogP contribution in [0.2, 0.25) is 0 Å². The van der Waals surface area contributed by atoms with Gasteiger partial charge in [0.15, 0.2) is 5.84 Å². The Morgan fingerprint density at radius 2 is 2.13 bits per heavy atom. The minimum Gasteiger partial charge on any atom is -0.409 e. The molecule has 4 heteroatoms. The number of likely N-dealkylation sites (N-methyl/N-ethyl adjacent to an activating group) is 1. The zero-order valence-electron chi connectivity index (χ0n) is 9.82. The van der Waals surface area contributed by atoms with Gasteiger partial charge in [-0.05, 0) is 32.2 Å². The van der Waals surface area contributed by atoms with E-state index in [-0.39, 0.29) is 6.04 Å². The lowest BCUT2D eigenvalue weighted by molar-refractivity contribution is 0.236. The average Bonchev–Trinajstić information content (AvgIpc) is 2.71. The minimum atomic E-state index is 0.0793. The largest absolute Gasteiger partial charge is 0.409 e. The van der Waals surface area contributed by atoms with E-state index in [9.17, 15) is 0 Å². The van der Waals surface area contributed by atoms with E-state index < -0.39 is 0 Å². The molecule has 0 saturated heterocycles. The highest BCUT2D eigenvalue weighted by atomic mass is 16.4. The Bertz CT molecular complexity index is 212. The molecule has 1 aliphatic rings. The summed E-state index contributed by atoms with van der Waals surface area (Å²) in [7, 11) is 2.06. The highest BCUT2D eigenvalue weighted by Crippen LogP contribution is 2.25. The van der Waals surface area contributed by atoms with Crippen molar-refractivity contribution in [1.29, 1.82) is 0 Å². The number of oxime groups is 1. The van der Waals surface area contributed by atoms with Crippen LogP contribution in [0.5, 0.6) is 0 Å². The standard InChI is InChI=1S/C11H23N3O/c1-3-10(11(12)13-15)14(2)8-9-6-4-5-7-9/h9-10,15H,3-8H2,1-2H3,(H2,12,13). The van der Waals surface area contributed by atoms with E-state index in [2.05, 4.69) is 24.0 Å². The normalized spacial score (nSPS) is 21.1. The molecule has 15 heavy (non-hydrogen) atoms. The Balaban J connectivity index is 2.45. The molecule has 0 aromatic rings. The molecule has 0 bridgehead atoms. The zero-order chi connectivity index (χ0) is 11.3. The van der Waals surface area contributed by atoms with Gasteiger partial charge in [-0.25, -0.2) is 0 Å². The van der Waals surface area contributed by atoms with Crippen molar-refractivity contribution in [3.05, 3.63) is 0 Å². The predicted octanol–water partition coefficient (Wildman–Crippen LogP) is 1.63. The summed E-state index contributed by atoms with van der Waals surface area (Å²) in [6, 6.07) is 0.0793. The maximum atomic E-state index is 8.68. The lowest BCUT2D eigenvalue weighted by Gasteiger charge is -2.28. The summed E-state index contributed by atoms with van der Waals surface area (Å²) in [5.74, 6) is 1.13. The highest BCUT2D eigenvalue weighted by molar-refractivity contribution is 5.85. The first-order valence-electron chi connectivity index (χ1n) is 5.86. The molecular weight excluding hydrogens is 190 g/mol. The Hall–Kier alpha value is -0.770. The first-order chi connectivity index (χ1) is 7.19. The lowest BCUT2D eigenvalue weighted by Crippen LogP contribution is -2.44. The molecule has 1 rings (SSSR count). The van der Waals surface area contributed by atoms with Crippen molar-refractivity contribution in [1.82, 2.24) is 4.90 Å². The molecule has 0 aromatic carbocycles. The number of hydrogen-bond donors (Lipinski definition) is 2. The minimum absolute atomic E-state index is 0.0793. The van der Waals surface area contributed by atoms with Gasteiger partial charge in [-0.3, -0.25) is 4.90 Å². The Morgan fingerprint density at radius 1 is 1.53 bits per heavy atom. The van der Waals surface area contributed by atoms with Gasteiger partial charge in [-0.15, -0.1) is 0 Å². The SMILES string of the molecule is CCC(C(N)=NO)N(C)CC1CCCC1. The number of nitrogens with two attached hydrogens (primary N) is 1. The molecule has 0 amide bonds. The molecule has 0 heterocycles. The van der Waals surface area contributed by atoms with E-state index in [1.54, 1.807) is 0 Å². The van der Waals surface area contributed by atoms with E-state index in [0.717, 1.165) is 18.9 Å². The summed E-state index contributed by atoms with van der Waals surface area (Å²) in [5, 5.41) is 11.8. The number of amidine groups is 1. The highest BCUT2D eigenvalue weighted by Gasteiger charge is 2.22. The van der Waals surface area contributed by atoms with Gasteiger partial charge in [0, 0.05) is 6.54 Å². The molecule has 0 radical (unpaired) electrons. The zero-order valence-corrected chi connectivity index (χ0v) is 9.82. The summed E-state index contributed by atoms with van der Waals surface area (Å²) in [5.41, 5.74) is 5.66. The van der Waals surface area contributed by atoms with Gasteiger partial charge in [0.25, 0.3) is 0 Å². The van der Waals surface area contributed by atoms with Gasteiger partial charge < -0.3 is 10.9 Å². The molecule has 0 aliphatic heterocycles. The fourth-order valence-corrected chi connectivity index (χ4v) is 2.54. The maximum Gasteiger partial charge on any atom is 0.156 e. The van der Waals surface area contributed by atoms with E-state index in [0.29, 0.717) is 5.84 Å². The fourth-order valence-electron chi connectivity index (χ4n) is 2.54. The van der Waals surface area contributed by atoms with Crippen LogP contribution in [-0.4, -0.2) is 35.6 Å². The second-order valence-corrected chi connectivity index (χ2v) is 4.54. The van der Waals surface area contributed by atoms with Crippen LogP contribution in [0.25, 0.3) is 0 Å². The van der Waals surface area contributed by atoms with Gasteiger partial charge in [-0.1, -0.05) is 24.9 Å². The first kappa shape index (κ1) is 12.3. The molecule has 1 unspecified atom stereocenters. The Kier molecular flexibility index (Phi) is 4.88. The third-order valence-corrected chi connectivity index (χ3v) is 3.40. The quantitative estimate of drug-likeness (QED) is 0.316. The van der Waals surface area contributed by atoms with Crippen molar-refractivity contribution < 1.29 is 5.21 Å². The van der Waals surface area contributed by atoms with Crippen molar-refractivity contribution in [2.45, 2.75) is 45.1 Å². The van der Waals surface area contributed by atoms with Crippen molar-refractivity contribution in [3.63, 3.8) is 0 Å². The topological polar surface area (TPSA) is 61.9 Å². The van der Waals surface area contributed by atoms with Crippen LogP contribution in [-0.2, 0) is 0 Å². The summed E-state index contributed by atoms with van der Waals surface area (Å²) in [6.07, 6.45) is 6.27. The lowest BCUT2D eigenvalue weighted by atomic mass is 10.1. The molecule has 3 N–H and O–H groups in total. The molecule has 0 spiro atoms.